The van der Waals surface area contributed by atoms with Gasteiger partial charge in [0.25, 0.3) is 0 Å². The summed E-state index contributed by atoms with van der Waals surface area (Å²) in [5.74, 6) is -0.708. The molecule has 3 amide bonds. The molecule has 1 saturated carbocycles. The van der Waals surface area contributed by atoms with Crippen LogP contribution in [0.15, 0.2) is 0 Å². The third-order valence-electron chi connectivity index (χ3n) is 4.95. The highest BCUT2D eigenvalue weighted by molar-refractivity contribution is 5.80. The van der Waals surface area contributed by atoms with Gasteiger partial charge in [0, 0.05) is 38.0 Å². The van der Waals surface area contributed by atoms with Gasteiger partial charge in [-0.25, -0.2) is 4.79 Å². The van der Waals surface area contributed by atoms with Crippen molar-refractivity contribution in [3.8, 4) is 0 Å². The first-order valence-corrected chi connectivity index (χ1v) is 9.11. The molecule has 0 unspecified atom stereocenters. The van der Waals surface area contributed by atoms with Gasteiger partial charge in [-0.1, -0.05) is 19.3 Å². The Labute approximate surface area is 143 Å². The molecule has 0 aromatic carbocycles. The van der Waals surface area contributed by atoms with E-state index in [-0.39, 0.29) is 24.3 Å². The van der Waals surface area contributed by atoms with Crippen molar-refractivity contribution in [1.82, 2.24) is 15.5 Å². The molecule has 24 heavy (non-hydrogen) atoms. The van der Waals surface area contributed by atoms with E-state index in [1.165, 1.54) is 19.3 Å². The van der Waals surface area contributed by atoms with Gasteiger partial charge < -0.3 is 20.6 Å². The van der Waals surface area contributed by atoms with Gasteiger partial charge in [-0.3, -0.25) is 9.59 Å². The number of hydrogen-bond donors (Lipinski definition) is 3. The smallest absolute Gasteiger partial charge is 0.317 e. The van der Waals surface area contributed by atoms with Gasteiger partial charge in [0.2, 0.25) is 5.91 Å². The van der Waals surface area contributed by atoms with Crippen LogP contribution in [0.25, 0.3) is 0 Å². The van der Waals surface area contributed by atoms with Crippen molar-refractivity contribution in [2.45, 2.75) is 63.8 Å². The molecule has 1 aliphatic carbocycles. The van der Waals surface area contributed by atoms with Crippen molar-refractivity contribution in [3.63, 3.8) is 0 Å². The van der Waals surface area contributed by atoms with Gasteiger partial charge in [-0.2, -0.15) is 0 Å². The summed E-state index contributed by atoms with van der Waals surface area (Å²) in [6.07, 6.45) is 7.73. The molecule has 0 atom stereocenters. The summed E-state index contributed by atoms with van der Waals surface area (Å²) in [7, 11) is 0. The molecule has 0 spiro atoms. The van der Waals surface area contributed by atoms with Gasteiger partial charge >= 0.3 is 12.0 Å². The number of carbonyl (C=O) groups excluding carboxylic acids is 2. The molecule has 2 aliphatic rings. The molecule has 3 N–H and O–H groups in total. The average molecular weight is 339 g/mol. The van der Waals surface area contributed by atoms with Crippen molar-refractivity contribution >= 4 is 17.9 Å². The number of carboxylic acids is 1. The van der Waals surface area contributed by atoms with E-state index in [4.69, 9.17) is 5.11 Å². The lowest BCUT2D eigenvalue weighted by molar-refractivity contribution is -0.137. The van der Waals surface area contributed by atoms with Crippen LogP contribution in [0.1, 0.15) is 57.8 Å². The fourth-order valence-corrected chi connectivity index (χ4v) is 3.46. The minimum Gasteiger partial charge on any atom is -0.481 e. The molecule has 2 rings (SSSR count). The molecule has 1 saturated heterocycles. The maximum atomic E-state index is 12.3. The summed E-state index contributed by atoms with van der Waals surface area (Å²) in [5.41, 5.74) is 0. The molecule has 2 fully saturated rings. The Hall–Kier alpha value is -1.79. The second-order valence-electron chi connectivity index (χ2n) is 6.83. The van der Waals surface area contributed by atoms with Crippen LogP contribution in [0.2, 0.25) is 0 Å². The highest BCUT2D eigenvalue weighted by atomic mass is 16.4. The van der Waals surface area contributed by atoms with Crippen LogP contribution in [-0.4, -0.2) is 53.6 Å². The number of likely N-dealkylation sites (tertiary alicyclic amines) is 1. The number of carbonyl (C=O) groups is 3. The fourth-order valence-electron chi connectivity index (χ4n) is 3.46. The Balaban J connectivity index is 1.63. The predicted molar refractivity (Wildman–Crippen MR) is 89.6 cm³/mol. The van der Waals surface area contributed by atoms with E-state index in [1.807, 2.05) is 0 Å². The first-order valence-electron chi connectivity index (χ1n) is 9.11. The Kier molecular flexibility index (Phi) is 7.34. The van der Waals surface area contributed by atoms with E-state index in [9.17, 15) is 14.4 Å². The predicted octanol–water partition coefficient (Wildman–Crippen LogP) is 1.72. The van der Waals surface area contributed by atoms with E-state index in [0.29, 0.717) is 44.9 Å². The number of urea groups is 1. The van der Waals surface area contributed by atoms with Crippen LogP contribution in [0.3, 0.4) is 0 Å². The zero-order chi connectivity index (χ0) is 17.4. The third kappa shape index (κ3) is 6.02. The molecule has 0 aromatic rings. The van der Waals surface area contributed by atoms with Crippen LogP contribution in [0, 0.1) is 5.92 Å². The number of nitrogens with zero attached hydrogens (tertiary/aromatic N) is 1. The maximum absolute atomic E-state index is 12.3. The number of nitrogens with one attached hydrogen (secondary N) is 2. The zero-order valence-corrected chi connectivity index (χ0v) is 14.3. The topological polar surface area (TPSA) is 98.7 Å². The summed E-state index contributed by atoms with van der Waals surface area (Å²) < 4.78 is 0. The Morgan fingerprint density at radius 1 is 1.00 bits per heavy atom. The van der Waals surface area contributed by atoms with E-state index in [1.54, 1.807) is 4.90 Å². The van der Waals surface area contributed by atoms with Crippen LogP contribution in [0.5, 0.6) is 0 Å². The molecule has 0 aromatic heterocycles. The number of amides is 3. The molecule has 7 nitrogen and oxygen atoms in total. The number of rotatable bonds is 6. The molecule has 0 radical (unpaired) electrons. The number of aliphatic carboxylic acids is 1. The van der Waals surface area contributed by atoms with Gasteiger partial charge in [-0.15, -0.1) is 0 Å². The van der Waals surface area contributed by atoms with Crippen LogP contribution in [0.4, 0.5) is 4.79 Å². The number of piperidine rings is 1. The van der Waals surface area contributed by atoms with Crippen molar-refractivity contribution in [1.29, 1.82) is 0 Å². The number of hydrogen-bond acceptors (Lipinski definition) is 3. The van der Waals surface area contributed by atoms with Gasteiger partial charge in [0.1, 0.15) is 0 Å². The molecular weight excluding hydrogens is 310 g/mol. The first-order chi connectivity index (χ1) is 11.6. The van der Waals surface area contributed by atoms with Gasteiger partial charge in [-0.05, 0) is 32.1 Å². The highest BCUT2D eigenvalue weighted by Gasteiger charge is 2.28. The second kappa shape index (κ2) is 9.49. The first kappa shape index (κ1) is 18.5. The monoisotopic (exact) mass is 339 g/mol. The Morgan fingerprint density at radius 3 is 2.29 bits per heavy atom. The van der Waals surface area contributed by atoms with E-state index in [2.05, 4.69) is 10.6 Å². The molecular formula is C17H29N3O4. The molecule has 1 heterocycles. The summed E-state index contributed by atoms with van der Waals surface area (Å²) in [5, 5.41) is 14.5. The normalized spacial score (nSPS) is 19.8. The average Bonchev–Trinajstić information content (AvgIpc) is 2.59. The summed E-state index contributed by atoms with van der Waals surface area (Å²) in [4.78, 5) is 36.5. The lowest BCUT2D eigenvalue weighted by Gasteiger charge is -2.32. The largest absolute Gasteiger partial charge is 0.481 e. The minimum atomic E-state index is -0.853. The van der Waals surface area contributed by atoms with Crippen molar-refractivity contribution in [2.24, 2.45) is 5.92 Å². The number of carboxylic acid groups (broad SMARTS) is 1. The van der Waals surface area contributed by atoms with E-state index in [0.717, 1.165) is 12.8 Å². The summed E-state index contributed by atoms with van der Waals surface area (Å²) in [6.45, 7) is 1.52. The van der Waals surface area contributed by atoms with Gasteiger partial charge in [0.15, 0.2) is 0 Å². The van der Waals surface area contributed by atoms with Crippen molar-refractivity contribution in [3.05, 3.63) is 0 Å². The zero-order valence-electron chi connectivity index (χ0n) is 14.3. The van der Waals surface area contributed by atoms with Crippen LogP contribution in [-0.2, 0) is 9.59 Å². The third-order valence-corrected chi connectivity index (χ3v) is 4.95. The maximum Gasteiger partial charge on any atom is 0.317 e. The lowest BCUT2D eigenvalue weighted by Crippen LogP contribution is -2.48. The lowest BCUT2D eigenvalue weighted by atomic mass is 9.92. The summed E-state index contributed by atoms with van der Waals surface area (Å²) >= 11 is 0. The van der Waals surface area contributed by atoms with Crippen molar-refractivity contribution < 1.29 is 19.5 Å². The van der Waals surface area contributed by atoms with Crippen LogP contribution >= 0.6 is 0 Å². The second-order valence-corrected chi connectivity index (χ2v) is 6.83. The Morgan fingerprint density at radius 2 is 1.67 bits per heavy atom. The SMILES string of the molecule is O=C(O)CCCNC(=O)N1CCC(C(=O)NC2CCCCC2)CC1. The summed E-state index contributed by atoms with van der Waals surface area (Å²) in [6, 6.07) is 0.174. The molecule has 0 bridgehead atoms. The van der Waals surface area contributed by atoms with Crippen molar-refractivity contribution in [2.75, 3.05) is 19.6 Å². The fraction of sp³-hybridized carbons (Fsp3) is 0.824. The molecule has 7 heteroatoms. The van der Waals surface area contributed by atoms with E-state index < -0.39 is 5.97 Å². The minimum absolute atomic E-state index is 0.00277. The molecule has 1 aliphatic heterocycles. The highest BCUT2D eigenvalue weighted by Crippen LogP contribution is 2.21. The Bertz CT molecular complexity index is 441. The van der Waals surface area contributed by atoms with E-state index >= 15 is 0 Å². The molecule has 136 valence electrons. The van der Waals surface area contributed by atoms with Crippen LogP contribution < -0.4 is 10.6 Å². The van der Waals surface area contributed by atoms with Gasteiger partial charge in [0.05, 0.1) is 0 Å². The quantitative estimate of drug-likeness (QED) is 0.642. The standard InChI is InChI=1S/C17H29N3O4/c21-15(22)7-4-10-18-17(24)20-11-8-13(9-12-20)16(23)19-14-5-2-1-3-6-14/h13-14H,1-12H2,(H,18,24)(H,19,23)(H,21,22).